The average Bonchev–Trinajstić information content (AvgIpc) is 3.51. The monoisotopic (exact) mass is 548 g/mol. The number of aromatic nitrogens is 2. The number of halogens is 2. The van der Waals surface area contributed by atoms with Crippen molar-refractivity contribution in [2.45, 2.75) is 32.9 Å². The van der Waals surface area contributed by atoms with E-state index in [9.17, 15) is 4.79 Å². The molecule has 3 aromatic carbocycles. The second-order valence-corrected chi connectivity index (χ2v) is 10.1. The van der Waals surface area contributed by atoms with Gasteiger partial charge in [0.25, 0.3) is 0 Å². The van der Waals surface area contributed by atoms with Crippen LogP contribution in [-0.2, 0) is 17.9 Å². The van der Waals surface area contributed by atoms with Crippen LogP contribution in [0.1, 0.15) is 47.0 Å². The Balaban J connectivity index is 1.37. The van der Waals surface area contributed by atoms with E-state index in [1.165, 1.54) is 7.11 Å². The van der Waals surface area contributed by atoms with Gasteiger partial charge < -0.3 is 18.6 Å². The number of ether oxygens (including phenoxy) is 2. The van der Waals surface area contributed by atoms with E-state index in [4.69, 9.17) is 37.2 Å². The summed E-state index contributed by atoms with van der Waals surface area (Å²) >= 11 is 12.9. The summed E-state index contributed by atoms with van der Waals surface area (Å²) in [5.41, 5.74) is 4.74. The van der Waals surface area contributed by atoms with Crippen LogP contribution in [0.3, 0.4) is 0 Å². The number of hydrogen-bond donors (Lipinski definition) is 0. The predicted octanol–water partition coefficient (Wildman–Crippen LogP) is 8.14. The molecule has 0 saturated heterocycles. The van der Waals surface area contributed by atoms with Crippen molar-refractivity contribution in [3.63, 3.8) is 0 Å². The molecular weight excluding hydrogens is 523 g/mol. The van der Waals surface area contributed by atoms with Crippen molar-refractivity contribution in [3.8, 4) is 17.0 Å². The van der Waals surface area contributed by atoms with Crippen molar-refractivity contribution in [1.29, 1.82) is 0 Å². The minimum absolute atomic E-state index is 0.106. The number of rotatable bonds is 8. The largest absolute Gasteiger partial charge is 0.489 e. The smallest absolute Gasteiger partial charge is 0.337 e. The minimum Gasteiger partial charge on any atom is -0.489 e. The molecule has 0 saturated carbocycles. The maximum atomic E-state index is 11.7. The predicted molar refractivity (Wildman–Crippen MR) is 149 cm³/mol. The van der Waals surface area contributed by atoms with Crippen molar-refractivity contribution in [1.82, 2.24) is 9.72 Å². The standard InChI is InChI=1S/C30H26Cl2N2O4/c1-18(2)29-23(28(33-38-29)27-24(31)5-4-6-25(27)32)17-37-22-11-12-26-21(15-22)13-14-34(26)16-19-7-9-20(10-8-19)30(35)36-3/h4-15,18H,16-17H2,1-3H3. The maximum Gasteiger partial charge on any atom is 0.337 e. The van der Waals surface area contributed by atoms with Gasteiger partial charge in [-0.1, -0.05) is 60.4 Å². The maximum absolute atomic E-state index is 11.7. The van der Waals surface area contributed by atoms with Crippen molar-refractivity contribution in [3.05, 3.63) is 105 Å². The van der Waals surface area contributed by atoms with Gasteiger partial charge >= 0.3 is 5.97 Å². The highest BCUT2D eigenvalue weighted by Crippen LogP contribution is 2.39. The lowest BCUT2D eigenvalue weighted by molar-refractivity contribution is 0.0600. The molecule has 38 heavy (non-hydrogen) atoms. The molecule has 0 N–H and O–H groups in total. The Kier molecular flexibility index (Phi) is 7.45. The summed E-state index contributed by atoms with van der Waals surface area (Å²) in [5, 5.41) is 6.36. The van der Waals surface area contributed by atoms with E-state index >= 15 is 0 Å². The summed E-state index contributed by atoms with van der Waals surface area (Å²) in [6, 6.07) is 20.8. The molecule has 0 unspecified atom stereocenters. The van der Waals surface area contributed by atoms with E-state index in [2.05, 4.69) is 15.8 Å². The van der Waals surface area contributed by atoms with Crippen LogP contribution in [0, 0.1) is 0 Å². The second-order valence-electron chi connectivity index (χ2n) is 9.27. The topological polar surface area (TPSA) is 66.5 Å². The summed E-state index contributed by atoms with van der Waals surface area (Å²) < 4.78 is 18.8. The summed E-state index contributed by atoms with van der Waals surface area (Å²) in [5.74, 6) is 1.23. The summed E-state index contributed by atoms with van der Waals surface area (Å²) in [6.45, 7) is 5.01. The fourth-order valence-electron chi connectivity index (χ4n) is 4.46. The van der Waals surface area contributed by atoms with Crippen LogP contribution < -0.4 is 4.74 Å². The van der Waals surface area contributed by atoms with Crippen LogP contribution in [-0.4, -0.2) is 22.8 Å². The molecule has 0 radical (unpaired) electrons. The number of nitrogens with zero attached hydrogens (tertiary/aromatic N) is 2. The van der Waals surface area contributed by atoms with Gasteiger partial charge in [0, 0.05) is 35.1 Å². The van der Waals surface area contributed by atoms with Crippen molar-refractivity contribution >= 4 is 40.1 Å². The third-order valence-electron chi connectivity index (χ3n) is 6.40. The molecule has 6 nitrogen and oxygen atoms in total. The van der Waals surface area contributed by atoms with E-state index in [0.29, 0.717) is 33.4 Å². The van der Waals surface area contributed by atoms with Crippen molar-refractivity contribution in [2.24, 2.45) is 0 Å². The molecule has 0 aliphatic heterocycles. The molecule has 2 heterocycles. The van der Waals surface area contributed by atoms with Crippen LogP contribution in [0.25, 0.3) is 22.2 Å². The minimum atomic E-state index is -0.343. The zero-order valence-electron chi connectivity index (χ0n) is 21.2. The Bertz CT molecular complexity index is 1580. The first-order valence-corrected chi connectivity index (χ1v) is 12.9. The second kappa shape index (κ2) is 10.9. The molecule has 194 valence electrons. The average molecular weight is 549 g/mol. The SMILES string of the molecule is COC(=O)c1ccc(Cn2ccc3cc(OCc4c(-c5c(Cl)cccc5Cl)noc4C(C)C)ccc32)cc1. The summed E-state index contributed by atoms with van der Waals surface area (Å²) in [6.07, 6.45) is 2.04. The molecule has 5 rings (SSSR count). The van der Waals surface area contributed by atoms with Gasteiger partial charge in [0.15, 0.2) is 0 Å². The number of carbonyl (C=O) groups excluding carboxylic acids is 1. The van der Waals surface area contributed by atoms with Crippen LogP contribution in [0.5, 0.6) is 5.75 Å². The van der Waals surface area contributed by atoms with Gasteiger partial charge in [0.05, 0.1) is 28.3 Å². The lowest BCUT2D eigenvalue weighted by Crippen LogP contribution is -2.03. The number of esters is 1. The van der Waals surface area contributed by atoms with Gasteiger partial charge in [0.1, 0.15) is 23.8 Å². The molecule has 5 aromatic rings. The first-order chi connectivity index (χ1) is 18.4. The van der Waals surface area contributed by atoms with Crippen LogP contribution in [0.4, 0.5) is 0 Å². The first-order valence-electron chi connectivity index (χ1n) is 12.2. The fraction of sp³-hybridized carbons (Fsp3) is 0.200. The van der Waals surface area contributed by atoms with Gasteiger partial charge in [-0.15, -0.1) is 0 Å². The number of hydrogen-bond acceptors (Lipinski definition) is 5. The van der Waals surface area contributed by atoms with Crippen molar-refractivity contribution < 1.29 is 18.8 Å². The molecule has 0 bridgehead atoms. The zero-order valence-corrected chi connectivity index (χ0v) is 22.7. The van der Waals surface area contributed by atoms with E-state index < -0.39 is 0 Å². The zero-order chi connectivity index (χ0) is 26.8. The van der Waals surface area contributed by atoms with Crippen molar-refractivity contribution in [2.75, 3.05) is 7.11 Å². The van der Waals surface area contributed by atoms with Crippen LogP contribution >= 0.6 is 23.2 Å². The molecule has 0 spiro atoms. The first kappa shape index (κ1) is 25.9. The Morgan fingerprint density at radius 3 is 2.45 bits per heavy atom. The quantitative estimate of drug-likeness (QED) is 0.183. The highest BCUT2D eigenvalue weighted by molar-refractivity contribution is 6.39. The van der Waals surface area contributed by atoms with Gasteiger partial charge in [-0.3, -0.25) is 0 Å². The number of carbonyl (C=O) groups is 1. The Hall–Kier alpha value is -3.74. The van der Waals surface area contributed by atoms with Crippen LogP contribution in [0.2, 0.25) is 10.0 Å². The number of fused-ring (bicyclic) bond motifs is 1. The molecule has 0 atom stereocenters. The molecule has 0 aliphatic carbocycles. The highest BCUT2D eigenvalue weighted by atomic mass is 35.5. The van der Waals surface area contributed by atoms with E-state index in [-0.39, 0.29) is 18.5 Å². The number of benzene rings is 3. The molecule has 2 aromatic heterocycles. The lowest BCUT2D eigenvalue weighted by atomic mass is 10.0. The fourth-order valence-corrected chi connectivity index (χ4v) is 5.03. The van der Waals surface area contributed by atoms with E-state index in [0.717, 1.165) is 33.5 Å². The summed E-state index contributed by atoms with van der Waals surface area (Å²) in [4.78, 5) is 11.7. The Morgan fingerprint density at radius 2 is 1.76 bits per heavy atom. The molecule has 0 amide bonds. The Morgan fingerprint density at radius 1 is 1.03 bits per heavy atom. The molecule has 8 heteroatoms. The van der Waals surface area contributed by atoms with Crippen LogP contribution in [0.15, 0.2) is 77.4 Å². The lowest BCUT2D eigenvalue weighted by Gasteiger charge is -2.11. The Labute approximate surface area is 230 Å². The molecule has 0 fully saturated rings. The van der Waals surface area contributed by atoms with Gasteiger partial charge in [-0.2, -0.15) is 0 Å². The van der Waals surface area contributed by atoms with Gasteiger partial charge in [-0.05, 0) is 54.1 Å². The van der Waals surface area contributed by atoms with E-state index in [1.54, 1.807) is 30.3 Å². The normalized spacial score (nSPS) is 11.3. The van der Waals surface area contributed by atoms with Gasteiger partial charge in [-0.25, -0.2) is 4.79 Å². The third kappa shape index (κ3) is 5.15. The molecule has 0 aliphatic rings. The highest BCUT2D eigenvalue weighted by Gasteiger charge is 2.24. The van der Waals surface area contributed by atoms with E-state index in [1.807, 2.05) is 50.4 Å². The third-order valence-corrected chi connectivity index (χ3v) is 7.03. The van der Waals surface area contributed by atoms with Gasteiger partial charge in [0.2, 0.25) is 0 Å². The molecular formula is C30H26Cl2N2O4. The number of methoxy groups -OCH3 is 1. The summed E-state index contributed by atoms with van der Waals surface area (Å²) in [7, 11) is 1.38.